The molecule has 0 aliphatic carbocycles. The molecule has 140 valence electrons. The Morgan fingerprint density at radius 3 is 2.61 bits per heavy atom. The Bertz CT molecular complexity index is 1070. The number of halogens is 1. The SMILES string of the molecule is O=C1COc2cc(C(=O)Nc3ccccc3Oc3ccccc3Cl)ccc2N1. The third kappa shape index (κ3) is 3.77. The van der Waals surface area contributed by atoms with Crippen LogP contribution in [0.25, 0.3) is 0 Å². The Morgan fingerprint density at radius 1 is 1.04 bits per heavy atom. The van der Waals surface area contributed by atoms with Crippen molar-refractivity contribution >= 4 is 34.8 Å². The average Bonchev–Trinajstić information content (AvgIpc) is 2.70. The third-order valence-electron chi connectivity index (χ3n) is 4.07. The maximum Gasteiger partial charge on any atom is 0.262 e. The van der Waals surface area contributed by atoms with Crippen LogP contribution in [0.5, 0.6) is 17.2 Å². The molecule has 0 spiro atoms. The standard InChI is InChI=1S/C21H15ClN2O4/c22-14-5-1-3-7-17(14)28-18-8-4-2-6-15(18)24-21(26)13-9-10-16-19(11-13)27-12-20(25)23-16/h1-11H,12H2,(H,23,25)(H,24,26). The van der Waals surface area contributed by atoms with Crippen LogP contribution >= 0.6 is 11.6 Å². The van der Waals surface area contributed by atoms with Crippen LogP contribution in [0.2, 0.25) is 5.02 Å². The minimum atomic E-state index is -0.335. The molecule has 0 atom stereocenters. The smallest absolute Gasteiger partial charge is 0.262 e. The largest absolute Gasteiger partial charge is 0.482 e. The first-order valence-corrected chi connectivity index (χ1v) is 8.87. The molecule has 4 rings (SSSR count). The quantitative estimate of drug-likeness (QED) is 0.671. The number of nitrogens with one attached hydrogen (secondary N) is 2. The fourth-order valence-electron chi connectivity index (χ4n) is 2.72. The number of hydrogen-bond donors (Lipinski definition) is 2. The molecule has 0 saturated heterocycles. The second-order valence-electron chi connectivity index (χ2n) is 6.03. The van der Waals surface area contributed by atoms with E-state index in [0.29, 0.717) is 39.2 Å². The van der Waals surface area contributed by atoms with Crippen molar-refractivity contribution in [3.05, 3.63) is 77.3 Å². The molecule has 6 nitrogen and oxygen atoms in total. The third-order valence-corrected chi connectivity index (χ3v) is 4.38. The Kier molecular flexibility index (Phi) is 4.87. The lowest BCUT2D eigenvalue weighted by Crippen LogP contribution is -2.25. The highest BCUT2D eigenvalue weighted by atomic mass is 35.5. The lowest BCUT2D eigenvalue weighted by molar-refractivity contribution is -0.118. The van der Waals surface area contributed by atoms with E-state index in [1.54, 1.807) is 54.6 Å². The first-order chi connectivity index (χ1) is 13.6. The maximum absolute atomic E-state index is 12.7. The van der Waals surface area contributed by atoms with E-state index in [2.05, 4.69) is 10.6 Å². The van der Waals surface area contributed by atoms with Gasteiger partial charge in [0.05, 0.1) is 16.4 Å². The van der Waals surface area contributed by atoms with Crippen molar-refractivity contribution < 1.29 is 19.1 Å². The summed E-state index contributed by atoms with van der Waals surface area (Å²) >= 11 is 6.15. The van der Waals surface area contributed by atoms with Crippen molar-refractivity contribution in [2.24, 2.45) is 0 Å². The lowest BCUT2D eigenvalue weighted by Gasteiger charge is -2.18. The van der Waals surface area contributed by atoms with Gasteiger partial charge >= 0.3 is 0 Å². The monoisotopic (exact) mass is 394 g/mol. The van der Waals surface area contributed by atoms with E-state index in [1.165, 1.54) is 0 Å². The van der Waals surface area contributed by atoms with Gasteiger partial charge in [-0.25, -0.2) is 0 Å². The number of amides is 2. The number of benzene rings is 3. The summed E-state index contributed by atoms with van der Waals surface area (Å²) in [5.41, 5.74) is 1.43. The normalized spacial score (nSPS) is 12.4. The Balaban J connectivity index is 1.56. The number of rotatable bonds is 4. The molecule has 0 radical (unpaired) electrons. The molecule has 1 aliphatic heterocycles. The number of anilines is 2. The van der Waals surface area contributed by atoms with Gasteiger partial charge in [0.1, 0.15) is 11.5 Å². The van der Waals surface area contributed by atoms with Crippen LogP contribution in [0.4, 0.5) is 11.4 Å². The summed E-state index contributed by atoms with van der Waals surface area (Å²) < 4.78 is 11.2. The van der Waals surface area contributed by atoms with Crippen molar-refractivity contribution in [3.8, 4) is 17.2 Å². The number of fused-ring (bicyclic) bond motifs is 1. The van der Waals surface area contributed by atoms with Crippen LogP contribution in [0.1, 0.15) is 10.4 Å². The van der Waals surface area contributed by atoms with Crippen LogP contribution in [0.3, 0.4) is 0 Å². The number of carbonyl (C=O) groups excluding carboxylic acids is 2. The molecule has 2 N–H and O–H groups in total. The summed E-state index contributed by atoms with van der Waals surface area (Å²) in [7, 11) is 0. The van der Waals surface area contributed by atoms with E-state index in [-0.39, 0.29) is 18.4 Å². The maximum atomic E-state index is 12.7. The predicted octanol–water partition coefficient (Wildman–Crippen LogP) is 4.72. The summed E-state index contributed by atoms with van der Waals surface area (Å²) in [5.74, 6) is 0.843. The molecule has 7 heteroatoms. The van der Waals surface area contributed by atoms with Crippen LogP contribution in [-0.4, -0.2) is 18.4 Å². The fourth-order valence-corrected chi connectivity index (χ4v) is 2.89. The Labute approximate surface area is 166 Å². The summed E-state index contributed by atoms with van der Waals surface area (Å²) in [5, 5.41) is 5.99. The molecule has 1 aliphatic rings. The molecular formula is C21H15ClN2O4. The second kappa shape index (κ2) is 7.62. The van der Waals surface area contributed by atoms with Crippen molar-refractivity contribution in [1.82, 2.24) is 0 Å². The van der Waals surface area contributed by atoms with Gasteiger partial charge in [-0.15, -0.1) is 0 Å². The number of para-hydroxylation sites is 3. The Morgan fingerprint density at radius 2 is 1.79 bits per heavy atom. The second-order valence-corrected chi connectivity index (χ2v) is 6.44. The summed E-state index contributed by atoms with van der Waals surface area (Å²) in [4.78, 5) is 24.1. The van der Waals surface area contributed by atoms with E-state index in [1.807, 2.05) is 12.1 Å². The molecule has 0 fully saturated rings. The van der Waals surface area contributed by atoms with Crippen LogP contribution < -0.4 is 20.1 Å². The van der Waals surface area contributed by atoms with Crippen molar-refractivity contribution in [2.45, 2.75) is 0 Å². The zero-order valence-electron chi connectivity index (χ0n) is 14.6. The highest BCUT2D eigenvalue weighted by Gasteiger charge is 2.18. The molecule has 0 unspecified atom stereocenters. The highest BCUT2D eigenvalue weighted by Crippen LogP contribution is 2.34. The van der Waals surface area contributed by atoms with Gasteiger partial charge in [0.2, 0.25) is 0 Å². The van der Waals surface area contributed by atoms with Crippen molar-refractivity contribution in [2.75, 3.05) is 17.2 Å². The van der Waals surface area contributed by atoms with E-state index in [9.17, 15) is 9.59 Å². The first kappa shape index (κ1) is 17.9. The van der Waals surface area contributed by atoms with Crippen LogP contribution in [0, 0.1) is 0 Å². The highest BCUT2D eigenvalue weighted by molar-refractivity contribution is 6.32. The molecule has 28 heavy (non-hydrogen) atoms. The topological polar surface area (TPSA) is 76.7 Å². The lowest BCUT2D eigenvalue weighted by atomic mass is 10.1. The van der Waals surface area contributed by atoms with Crippen LogP contribution in [-0.2, 0) is 4.79 Å². The first-order valence-electron chi connectivity index (χ1n) is 8.49. The van der Waals surface area contributed by atoms with Gasteiger partial charge in [-0.3, -0.25) is 9.59 Å². The van der Waals surface area contributed by atoms with Gasteiger partial charge in [0.25, 0.3) is 11.8 Å². The average molecular weight is 395 g/mol. The van der Waals surface area contributed by atoms with Crippen LogP contribution in [0.15, 0.2) is 66.7 Å². The summed E-state index contributed by atoms with van der Waals surface area (Å²) in [6.45, 7) is -0.0768. The number of ether oxygens (including phenoxy) is 2. The minimum absolute atomic E-state index is 0.0768. The molecule has 1 heterocycles. The van der Waals surface area contributed by atoms with E-state index < -0.39 is 0 Å². The molecule has 0 aromatic heterocycles. The van der Waals surface area contributed by atoms with Crippen molar-refractivity contribution in [3.63, 3.8) is 0 Å². The van der Waals surface area contributed by atoms with Gasteiger partial charge in [0, 0.05) is 5.56 Å². The number of carbonyl (C=O) groups is 2. The van der Waals surface area contributed by atoms with E-state index in [0.717, 1.165) is 0 Å². The number of hydrogen-bond acceptors (Lipinski definition) is 4. The summed E-state index contributed by atoms with van der Waals surface area (Å²) in [6.07, 6.45) is 0. The zero-order chi connectivity index (χ0) is 19.5. The molecule has 2 amide bonds. The predicted molar refractivity (Wildman–Crippen MR) is 106 cm³/mol. The Hall–Kier alpha value is -3.51. The molecule has 3 aromatic carbocycles. The summed E-state index contributed by atoms with van der Waals surface area (Å²) in [6, 6.07) is 19.0. The van der Waals surface area contributed by atoms with E-state index >= 15 is 0 Å². The molecule has 3 aromatic rings. The minimum Gasteiger partial charge on any atom is -0.482 e. The fraction of sp³-hybridized carbons (Fsp3) is 0.0476. The van der Waals surface area contributed by atoms with Gasteiger partial charge < -0.3 is 20.1 Å². The van der Waals surface area contributed by atoms with Gasteiger partial charge in [-0.2, -0.15) is 0 Å². The molecule has 0 bridgehead atoms. The van der Waals surface area contributed by atoms with E-state index in [4.69, 9.17) is 21.1 Å². The van der Waals surface area contributed by atoms with Gasteiger partial charge in [-0.1, -0.05) is 35.9 Å². The van der Waals surface area contributed by atoms with Gasteiger partial charge in [0.15, 0.2) is 12.4 Å². The molecule has 0 saturated carbocycles. The molecular weight excluding hydrogens is 380 g/mol. The van der Waals surface area contributed by atoms with Crippen molar-refractivity contribution in [1.29, 1.82) is 0 Å². The zero-order valence-corrected chi connectivity index (χ0v) is 15.3. The van der Waals surface area contributed by atoms with Gasteiger partial charge in [-0.05, 0) is 42.5 Å².